The molecule has 2 aromatic rings. The lowest BCUT2D eigenvalue weighted by Gasteiger charge is -2.36. The quantitative estimate of drug-likeness (QED) is 0.111. The molecule has 10 heteroatoms. The highest BCUT2D eigenvalue weighted by atomic mass is 16.2. The van der Waals surface area contributed by atoms with Gasteiger partial charge in [0.1, 0.15) is 11.9 Å². The molecule has 1 aliphatic carbocycles. The first-order valence-electron chi connectivity index (χ1n) is 15.6. The average molecular weight is 615 g/mol. The summed E-state index contributed by atoms with van der Waals surface area (Å²) in [6.45, 7) is 8.93. The van der Waals surface area contributed by atoms with Gasteiger partial charge >= 0.3 is 0 Å². The molecule has 1 aliphatic rings. The highest BCUT2D eigenvalue weighted by Crippen LogP contribution is 2.43. The van der Waals surface area contributed by atoms with Gasteiger partial charge in [-0.25, -0.2) is 0 Å². The predicted octanol–water partition coefficient (Wildman–Crippen LogP) is 3.22. The number of nitrogens with zero attached hydrogens (tertiary/aromatic N) is 4. The number of hydrogen-bond acceptors (Lipinski definition) is 7. The van der Waals surface area contributed by atoms with Gasteiger partial charge in [-0.15, -0.1) is 0 Å². The molecule has 0 saturated heterocycles. The SMILES string of the molecule is C=C(c1ccc2c(c1)CCc1cc(C(=O)N(C)C)ccc1C2(CCNCC(=O)NC(C#N)C[C@@H](C)CC)/C(N)=N/NC)N(C)C. The fourth-order valence-electron chi connectivity index (χ4n) is 6.00. The maximum Gasteiger partial charge on any atom is 0.253 e. The van der Waals surface area contributed by atoms with Gasteiger partial charge in [0.05, 0.1) is 18.0 Å². The first-order valence-corrected chi connectivity index (χ1v) is 15.6. The van der Waals surface area contributed by atoms with Crippen LogP contribution in [0.25, 0.3) is 5.70 Å². The second-order valence-corrected chi connectivity index (χ2v) is 12.3. The highest BCUT2D eigenvalue weighted by Gasteiger charge is 2.43. The smallest absolute Gasteiger partial charge is 0.253 e. The molecule has 3 atom stereocenters. The Kier molecular flexibility index (Phi) is 12.2. The number of amidine groups is 1. The predicted molar refractivity (Wildman–Crippen MR) is 182 cm³/mol. The Labute approximate surface area is 268 Å². The maximum absolute atomic E-state index is 12.9. The second-order valence-electron chi connectivity index (χ2n) is 12.3. The van der Waals surface area contributed by atoms with Crippen molar-refractivity contribution in [2.24, 2.45) is 16.8 Å². The molecule has 0 spiro atoms. The molecule has 0 bridgehead atoms. The second kappa shape index (κ2) is 15.6. The summed E-state index contributed by atoms with van der Waals surface area (Å²) in [5, 5.41) is 20.2. The summed E-state index contributed by atoms with van der Waals surface area (Å²) < 4.78 is 0. The molecule has 2 unspecified atom stereocenters. The van der Waals surface area contributed by atoms with E-state index in [0.29, 0.717) is 43.1 Å². The Morgan fingerprint density at radius 1 is 1.07 bits per heavy atom. The van der Waals surface area contributed by atoms with Crippen molar-refractivity contribution < 1.29 is 9.59 Å². The molecule has 0 aliphatic heterocycles. The number of fused-ring (bicyclic) bond motifs is 2. The summed E-state index contributed by atoms with van der Waals surface area (Å²) >= 11 is 0. The number of benzene rings is 2. The van der Waals surface area contributed by atoms with E-state index in [2.05, 4.69) is 65.9 Å². The number of amides is 2. The van der Waals surface area contributed by atoms with Crippen molar-refractivity contribution >= 4 is 23.3 Å². The largest absolute Gasteiger partial charge is 0.385 e. The third kappa shape index (κ3) is 8.03. The van der Waals surface area contributed by atoms with Crippen LogP contribution < -0.4 is 21.8 Å². The Bertz CT molecular complexity index is 1380. The van der Waals surface area contributed by atoms with Crippen LogP contribution in [0.5, 0.6) is 0 Å². The van der Waals surface area contributed by atoms with Crippen LogP contribution in [0.4, 0.5) is 0 Å². The Balaban J connectivity index is 2.05. The lowest BCUT2D eigenvalue weighted by Crippen LogP contribution is -2.47. The van der Waals surface area contributed by atoms with Gasteiger partial charge in [-0.2, -0.15) is 10.4 Å². The number of carbonyl (C=O) groups excluding carboxylic acids is 2. The summed E-state index contributed by atoms with van der Waals surface area (Å²) in [6, 6.07) is 13.9. The van der Waals surface area contributed by atoms with E-state index in [1.807, 2.05) is 37.2 Å². The van der Waals surface area contributed by atoms with Crippen molar-refractivity contribution in [3.8, 4) is 6.07 Å². The van der Waals surface area contributed by atoms with E-state index >= 15 is 0 Å². The summed E-state index contributed by atoms with van der Waals surface area (Å²) in [7, 11) is 9.15. The zero-order valence-corrected chi connectivity index (χ0v) is 28.0. The molecule has 242 valence electrons. The normalized spacial score (nSPS) is 17.1. The number of rotatable bonds is 14. The minimum absolute atomic E-state index is 0.0649. The fraction of sp³-hybridized carbons (Fsp3) is 0.486. The third-order valence-electron chi connectivity index (χ3n) is 8.78. The molecule has 0 saturated carbocycles. The topological polar surface area (TPSA) is 139 Å². The Hall–Kier alpha value is -4.36. The molecule has 2 aromatic carbocycles. The van der Waals surface area contributed by atoms with Crippen molar-refractivity contribution in [3.63, 3.8) is 0 Å². The molecular formula is C35H50N8O2. The summed E-state index contributed by atoms with van der Waals surface area (Å²) in [6.07, 6.45) is 3.52. The standard InChI is InChI=1S/C35H50N8O2/c1-9-23(2)18-29(21-36)40-32(44)22-39-17-16-35(34(37)41-38-4)30-14-12-25(24(3)42(5)6)19-26(30)10-11-27-20-28(13-15-31(27)35)33(45)43(7)8/h12-15,19-20,23,29,38-39H,3,9-11,16-18,22H2,1-2,4-8H3,(H2,37,41)(H,40,44)/t23-,29?,35?/m0/s1. The van der Waals surface area contributed by atoms with E-state index < -0.39 is 11.5 Å². The van der Waals surface area contributed by atoms with Crippen LogP contribution in [0, 0.1) is 17.2 Å². The van der Waals surface area contributed by atoms with Crippen molar-refractivity contribution in [2.75, 3.05) is 48.3 Å². The Morgan fingerprint density at radius 2 is 1.67 bits per heavy atom. The molecular weight excluding hydrogens is 564 g/mol. The zero-order valence-electron chi connectivity index (χ0n) is 28.0. The minimum atomic E-state index is -0.850. The van der Waals surface area contributed by atoms with Gasteiger partial charge in [0.2, 0.25) is 5.91 Å². The monoisotopic (exact) mass is 614 g/mol. The van der Waals surface area contributed by atoms with E-state index in [1.54, 1.807) is 26.0 Å². The molecule has 45 heavy (non-hydrogen) atoms. The number of aryl methyl sites for hydroxylation is 2. The lowest BCUT2D eigenvalue weighted by molar-refractivity contribution is -0.120. The molecule has 0 aromatic heterocycles. The first-order chi connectivity index (χ1) is 21.4. The van der Waals surface area contributed by atoms with Gasteiger partial charge in [0.15, 0.2) is 0 Å². The van der Waals surface area contributed by atoms with E-state index in [-0.39, 0.29) is 18.4 Å². The van der Waals surface area contributed by atoms with Gasteiger partial charge in [-0.1, -0.05) is 45.0 Å². The number of nitrogens with one attached hydrogen (secondary N) is 3. The third-order valence-corrected chi connectivity index (χ3v) is 8.78. The van der Waals surface area contributed by atoms with Crippen LogP contribution in [0.2, 0.25) is 0 Å². The summed E-state index contributed by atoms with van der Waals surface area (Å²) in [5.41, 5.74) is 15.7. The Morgan fingerprint density at radius 3 is 2.20 bits per heavy atom. The number of nitrogens with two attached hydrogens (primary N) is 1. The molecule has 0 radical (unpaired) electrons. The maximum atomic E-state index is 12.9. The molecule has 3 rings (SSSR count). The molecule has 2 amide bonds. The van der Waals surface area contributed by atoms with Crippen molar-refractivity contribution in [3.05, 3.63) is 76.4 Å². The highest BCUT2D eigenvalue weighted by molar-refractivity contribution is 5.98. The van der Waals surface area contributed by atoms with Gasteiger partial charge in [-0.3, -0.25) is 9.59 Å². The van der Waals surface area contributed by atoms with Gasteiger partial charge < -0.3 is 31.6 Å². The minimum Gasteiger partial charge on any atom is -0.385 e. The van der Waals surface area contributed by atoms with Gasteiger partial charge in [0.25, 0.3) is 5.91 Å². The first kappa shape index (κ1) is 35.1. The van der Waals surface area contributed by atoms with E-state index in [4.69, 9.17) is 5.73 Å². The van der Waals surface area contributed by atoms with Crippen molar-refractivity contribution in [2.45, 2.75) is 57.4 Å². The van der Waals surface area contributed by atoms with Crippen molar-refractivity contribution in [1.82, 2.24) is 25.9 Å². The van der Waals surface area contributed by atoms with Crippen LogP contribution in [0.15, 0.2) is 48.1 Å². The average Bonchev–Trinajstić information content (AvgIpc) is 3.16. The van der Waals surface area contributed by atoms with Crippen LogP contribution in [-0.2, 0) is 23.1 Å². The fourth-order valence-corrected chi connectivity index (χ4v) is 6.00. The van der Waals surface area contributed by atoms with Crippen molar-refractivity contribution in [1.29, 1.82) is 5.26 Å². The number of carbonyl (C=O) groups is 2. The van der Waals surface area contributed by atoms with Crippen LogP contribution in [-0.4, -0.2) is 81.8 Å². The van der Waals surface area contributed by atoms with Crippen LogP contribution in [0.1, 0.15) is 71.3 Å². The number of hydrazone groups is 1. The van der Waals surface area contributed by atoms with E-state index in [9.17, 15) is 14.9 Å². The van der Waals surface area contributed by atoms with Gasteiger partial charge in [0, 0.05) is 46.5 Å². The summed E-state index contributed by atoms with van der Waals surface area (Å²) in [5.74, 6) is 0.445. The van der Waals surface area contributed by atoms with Crippen LogP contribution >= 0.6 is 0 Å². The number of nitriles is 1. The molecule has 10 nitrogen and oxygen atoms in total. The van der Waals surface area contributed by atoms with Crippen LogP contribution in [0.3, 0.4) is 0 Å². The zero-order chi connectivity index (χ0) is 33.3. The molecule has 5 N–H and O–H groups in total. The van der Waals surface area contributed by atoms with Gasteiger partial charge in [-0.05, 0) is 84.2 Å². The number of hydrogen-bond donors (Lipinski definition) is 4. The van der Waals surface area contributed by atoms with E-state index in [0.717, 1.165) is 46.4 Å². The summed E-state index contributed by atoms with van der Waals surface area (Å²) in [4.78, 5) is 29.3. The molecule has 0 heterocycles. The lowest BCUT2D eigenvalue weighted by atomic mass is 9.68. The molecule has 0 fully saturated rings. The van der Waals surface area contributed by atoms with E-state index in [1.165, 1.54) is 0 Å².